The molecule has 5 aromatic rings. The van der Waals surface area contributed by atoms with Gasteiger partial charge < -0.3 is 5.32 Å². The van der Waals surface area contributed by atoms with Gasteiger partial charge in [0.25, 0.3) is 5.91 Å². The third kappa shape index (κ3) is 4.83. The van der Waals surface area contributed by atoms with Gasteiger partial charge in [0.2, 0.25) is 0 Å². The first-order chi connectivity index (χ1) is 17.4. The van der Waals surface area contributed by atoms with E-state index in [0.717, 1.165) is 17.2 Å². The normalized spacial score (nSPS) is 11.3. The third-order valence-electron chi connectivity index (χ3n) is 5.32. The minimum Gasteiger partial charge on any atom is -0.305 e. The summed E-state index contributed by atoms with van der Waals surface area (Å²) < 4.78 is 41.6. The number of pyridine rings is 1. The number of aromatic nitrogens is 5. The summed E-state index contributed by atoms with van der Waals surface area (Å²) in [6.07, 6.45) is -1.74. The molecule has 1 amide bonds. The monoisotopic (exact) mass is 486 g/mol. The highest BCUT2D eigenvalue weighted by molar-refractivity contribution is 6.04. The van der Waals surface area contributed by atoms with Crippen molar-refractivity contribution in [2.75, 3.05) is 5.32 Å². The molecule has 0 fully saturated rings. The second-order valence-corrected chi connectivity index (χ2v) is 7.74. The number of carbonyl (C=O) groups excluding carboxylic acids is 1. The molecule has 0 radical (unpaired) electrons. The van der Waals surface area contributed by atoms with Gasteiger partial charge in [0.05, 0.1) is 5.69 Å². The number of rotatable bonds is 5. The molecule has 0 bridgehead atoms. The predicted octanol–water partition coefficient (Wildman–Crippen LogP) is 5.66. The molecule has 10 heteroatoms. The highest BCUT2D eigenvalue weighted by atomic mass is 19.4. The molecule has 0 saturated carbocycles. The quantitative estimate of drug-likeness (QED) is 0.346. The van der Waals surface area contributed by atoms with Crippen molar-refractivity contribution in [2.24, 2.45) is 0 Å². The Hall–Kier alpha value is -4.86. The van der Waals surface area contributed by atoms with E-state index in [1.165, 1.54) is 24.5 Å². The first-order valence-corrected chi connectivity index (χ1v) is 10.8. The minimum atomic E-state index is -4.67. The lowest BCUT2D eigenvalue weighted by Crippen LogP contribution is -2.16. The van der Waals surface area contributed by atoms with Gasteiger partial charge in [-0.3, -0.25) is 9.78 Å². The molecule has 1 N–H and O–H groups in total. The number of carbonyl (C=O) groups is 1. The van der Waals surface area contributed by atoms with E-state index in [2.05, 4.69) is 25.6 Å². The van der Waals surface area contributed by atoms with Crippen LogP contribution in [0.3, 0.4) is 0 Å². The minimum absolute atomic E-state index is 0.0871. The summed E-state index contributed by atoms with van der Waals surface area (Å²) in [7, 11) is 0. The second kappa shape index (κ2) is 9.41. The van der Waals surface area contributed by atoms with E-state index in [-0.39, 0.29) is 17.3 Å². The Kier molecular flexibility index (Phi) is 5.99. The molecule has 0 aliphatic rings. The summed E-state index contributed by atoms with van der Waals surface area (Å²) in [5, 5.41) is 14.4. The maximum absolute atomic E-state index is 13.7. The molecule has 178 valence electrons. The van der Waals surface area contributed by atoms with Crippen molar-refractivity contribution in [3.63, 3.8) is 0 Å². The number of hydrogen-bond donors (Lipinski definition) is 1. The van der Waals surface area contributed by atoms with Crippen LogP contribution in [0.2, 0.25) is 0 Å². The maximum atomic E-state index is 13.7. The van der Waals surface area contributed by atoms with Crippen LogP contribution < -0.4 is 5.32 Å². The van der Waals surface area contributed by atoms with Gasteiger partial charge in [-0.05, 0) is 53.6 Å². The van der Waals surface area contributed by atoms with Crippen molar-refractivity contribution in [3.05, 3.63) is 109 Å². The Bertz CT molecular complexity index is 1480. The van der Waals surface area contributed by atoms with Gasteiger partial charge in [-0.15, -0.1) is 10.2 Å². The molecule has 0 atom stereocenters. The van der Waals surface area contributed by atoms with Crippen LogP contribution in [0.15, 0.2) is 97.3 Å². The maximum Gasteiger partial charge on any atom is 0.433 e. The van der Waals surface area contributed by atoms with Crippen molar-refractivity contribution in [3.8, 4) is 28.2 Å². The van der Waals surface area contributed by atoms with Crippen LogP contribution in [-0.4, -0.2) is 30.9 Å². The van der Waals surface area contributed by atoms with Crippen LogP contribution >= 0.6 is 0 Å². The zero-order valence-electron chi connectivity index (χ0n) is 18.5. The van der Waals surface area contributed by atoms with E-state index in [4.69, 9.17) is 0 Å². The van der Waals surface area contributed by atoms with Crippen LogP contribution in [0.1, 0.15) is 16.1 Å². The summed E-state index contributed by atoms with van der Waals surface area (Å²) in [6, 6.07) is 23.5. The molecule has 0 spiro atoms. The topological polar surface area (TPSA) is 85.6 Å². The molecule has 0 aliphatic carbocycles. The molecular weight excluding hydrogens is 469 g/mol. The van der Waals surface area contributed by atoms with E-state index in [1.807, 2.05) is 42.5 Å². The lowest BCUT2D eigenvalue weighted by atomic mass is 10.0. The molecule has 36 heavy (non-hydrogen) atoms. The van der Waals surface area contributed by atoms with Gasteiger partial charge in [0, 0.05) is 23.5 Å². The number of hydrogen-bond acceptors (Lipinski definition) is 5. The van der Waals surface area contributed by atoms with Gasteiger partial charge in [0.15, 0.2) is 17.3 Å². The Labute approximate surface area is 203 Å². The van der Waals surface area contributed by atoms with E-state index in [0.29, 0.717) is 15.8 Å². The largest absolute Gasteiger partial charge is 0.433 e. The zero-order chi connectivity index (χ0) is 25.1. The van der Waals surface area contributed by atoms with Crippen molar-refractivity contribution < 1.29 is 18.0 Å². The third-order valence-corrected chi connectivity index (χ3v) is 5.32. The number of alkyl halides is 3. The zero-order valence-corrected chi connectivity index (χ0v) is 18.5. The van der Waals surface area contributed by atoms with Crippen LogP contribution in [0.4, 0.5) is 19.0 Å². The lowest BCUT2D eigenvalue weighted by molar-refractivity contribution is -0.142. The fourth-order valence-electron chi connectivity index (χ4n) is 3.55. The Morgan fingerprint density at radius 3 is 2.17 bits per heavy atom. The molecule has 2 aromatic carbocycles. The van der Waals surface area contributed by atoms with E-state index in [9.17, 15) is 18.0 Å². The second-order valence-electron chi connectivity index (χ2n) is 7.74. The summed E-state index contributed by atoms with van der Waals surface area (Å²) in [5.41, 5.74) is 1.89. The molecule has 5 rings (SSSR count). The summed E-state index contributed by atoms with van der Waals surface area (Å²) in [6.45, 7) is 0. The number of anilines is 1. The van der Waals surface area contributed by atoms with Gasteiger partial charge >= 0.3 is 6.18 Å². The Balaban J connectivity index is 1.35. The van der Waals surface area contributed by atoms with Gasteiger partial charge in [-0.25, -0.2) is 4.68 Å². The van der Waals surface area contributed by atoms with Crippen LogP contribution in [0.5, 0.6) is 0 Å². The average molecular weight is 486 g/mol. The van der Waals surface area contributed by atoms with Crippen LogP contribution in [0.25, 0.3) is 28.2 Å². The molecule has 3 aromatic heterocycles. The fourth-order valence-corrected chi connectivity index (χ4v) is 3.55. The number of nitrogens with one attached hydrogen (secondary N) is 1. The fraction of sp³-hybridized carbons (Fsp3) is 0.0385. The molecule has 7 nitrogen and oxygen atoms in total. The van der Waals surface area contributed by atoms with Crippen LogP contribution in [0, 0.1) is 0 Å². The van der Waals surface area contributed by atoms with Crippen molar-refractivity contribution in [1.29, 1.82) is 0 Å². The Morgan fingerprint density at radius 1 is 0.806 bits per heavy atom. The summed E-state index contributed by atoms with van der Waals surface area (Å²) >= 11 is 0. The number of halogens is 3. The van der Waals surface area contributed by atoms with E-state index in [1.54, 1.807) is 24.3 Å². The number of benzene rings is 2. The van der Waals surface area contributed by atoms with Gasteiger partial charge in [0.1, 0.15) is 0 Å². The van der Waals surface area contributed by atoms with Gasteiger partial charge in [-0.2, -0.15) is 18.3 Å². The first-order valence-electron chi connectivity index (χ1n) is 10.8. The summed E-state index contributed by atoms with van der Waals surface area (Å²) in [4.78, 5) is 16.5. The molecular formula is C26H17F3N6O. The lowest BCUT2D eigenvalue weighted by Gasteiger charge is -2.09. The van der Waals surface area contributed by atoms with Crippen molar-refractivity contribution >= 4 is 11.7 Å². The van der Waals surface area contributed by atoms with Crippen LogP contribution in [-0.2, 0) is 6.18 Å². The Morgan fingerprint density at radius 2 is 1.53 bits per heavy atom. The molecule has 0 aliphatic heterocycles. The van der Waals surface area contributed by atoms with Crippen molar-refractivity contribution in [2.45, 2.75) is 6.18 Å². The highest BCUT2D eigenvalue weighted by Crippen LogP contribution is 2.33. The van der Waals surface area contributed by atoms with Crippen molar-refractivity contribution in [1.82, 2.24) is 25.0 Å². The standard InChI is InChI=1S/C26H17F3N6O/c27-26(28,29)22-15-21(20-7-4-14-30-16-20)34-35(22)24-13-12-23(32-33-24)31-25(36)19-10-8-18(9-11-19)17-5-2-1-3-6-17/h1-16H,(H,31,32,36). The highest BCUT2D eigenvalue weighted by Gasteiger charge is 2.37. The average Bonchev–Trinajstić information content (AvgIpc) is 3.37. The van der Waals surface area contributed by atoms with E-state index < -0.39 is 17.8 Å². The molecule has 0 saturated heterocycles. The smallest absolute Gasteiger partial charge is 0.305 e. The first kappa shape index (κ1) is 22.9. The number of amides is 1. The van der Waals surface area contributed by atoms with Gasteiger partial charge in [-0.1, -0.05) is 42.5 Å². The SMILES string of the molecule is O=C(Nc1ccc(-n2nc(-c3cccnc3)cc2C(F)(F)F)nn1)c1ccc(-c2ccccc2)cc1. The molecule has 3 heterocycles. The predicted molar refractivity (Wildman–Crippen MR) is 127 cm³/mol. The molecule has 0 unspecified atom stereocenters. The number of nitrogens with zero attached hydrogens (tertiary/aromatic N) is 5. The summed E-state index contributed by atoms with van der Waals surface area (Å²) in [5.74, 6) is -0.489. The van der Waals surface area contributed by atoms with E-state index >= 15 is 0 Å².